The van der Waals surface area contributed by atoms with Gasteiger partial charge in [-0.05, 0) is 18.9 Å². The second-order valence-electron chi connectivity index (χ2n) is 6.56. The van der Waals surface area contributed by atoms with Gasteiger partial charge in [-0.3, -0.25) is 4.79 Å². The second-order valence-corrected chi connectivity index (χ2v) is 6.56. The second kappa shape index (κ2) is 7.72. The third kappa shape index (κ3) is 3.99. The lowest BCUT2D eigenvalue weighted by Crippen LogP contribution is -2.43. The number of hydrogen-bond donors (Lipinski definition) is 0. The van der Waals surface area contributed by atoms with Crippen molar-refractivity contribution in [3.8, 4) is 6.07 Å². The number of ether oxygens (including phenoxy) is 2. The average Bonchev–Trinajstić information content (AvgIpc) is 2.59. The van der Waals surface area contributed by atoms with Crippen molar-refractivity contribution in [2.75, 3.05) is 6.61 Å². The molecule has 23 heavy (non-hydrogen) atoms. The Hall–Kier alpha value is -1.70. The summed E-state index contributed by atoms with van der Waals surface area (Å²) in [5, 5.41) is 9.24. The van der Waals surface area contributed by atoms with Crippen LogP contribution in [0.25, 0.3) is 0 Å². The SMILES string of the molecule is CCCCC(=O)C(C)(C)[C@@H]1CCO[C@H](c2ccccc2C#N)O1. The van der Waals surface area contributed by atoms with E-state index in [1.807, 2.05) is 32.0 Å². The Kier molecular flexibility index (Phi) is 5.92. The van der Waals surface area contributed by atoms with Crippen LogP contribution in [-0.2, 0) is 14.3 Å². The molecule has 1 aliphatic rings. The lowest BCUT2D eigenvalue weighted by atomic mass is 9.78. The van der Waals surface area contributed by atoms with Crippen molar-refractivity contribution in [2.24, 2.45) is 5.41 Å². The van der Waals surface area contributed by atoms with Gasteiger partial charge in [-0.25, -0.2) is 0 Å². The molecule has 0 aliphatic carbocycles. The number of carbonyl (C=O) groups is 1. The van der Waals surface area contributed by atoms with Crippen molar-refractivity contribution in [3.63, 3.8) is 0 Å². The first-order chi connectivity index (χ1) is 11.0. The highest BCUT2D eigenvalue weighted by molar-refractivity contribution is 5.84. The molecule has 1 aliphatic heterocycles. The molecule has 1 saturated heterocycles. The van der Waals surface area contributed by atoms with Crippen molar-refractivity contribution in [1.82, 2.24) is 0 Å². The molecule has 2 rings (SSSR count). The maximum Gasteiger partial charge on any atom is 0.185 e. The molecule has 0 aromatic heterocycles. The fourth-order valence-electron chi connectivity index (χ4n) is 2.88. The molecule has 0 radical (unpaired) electrons. The lowest BCUT2D eigenvalue weighted by molar-refractivity contribution is -0.238. The first kappa shape index (κ1) is 17.7. The highest BCUT2D eigenvalue weighted by Crippen LogP contribution is 2.37. The largest absolute Gasteiger partial charge is 0.348 e. The first-order valence-electron chi connectivity index (χ1n) is 8.30. The highest BCUT2D eigenvalue weighted by Gasteiger charge is 2.40. The molecule has 4 heteroatoms. The summed E-state index contributed by atoms with van der Waals surface area (Å²) in [4.78, 5) is 12.5. The molecule has 0 bridgehead atoms. The van der Waals surface area contributed by atoms with Crippen molar-refractivity contribution >= 4 is 5.78 Å². The van der Waals surface area contributed by atoms with Crippen LogP contribution in [0.5, 0.6) is 0 Å². The minimum atomic E-state index is -0.581. The third-order valence-electron chi connectivity index (χ3n) is 4.55. The van der Waals surface area contributed by atoms with E-state index in [9.17, 15) is 10.1 Å². The van der Waals surface area contributed by atoms with Gasteiger partial charge >= 0.3 is 0 Å². The van der Waals surface area contributed by atoms with Gasteiger partial charge in [0.25, 0.3) is 0 Å². The molecule has 4 nitrogen and oxygen atoms in total. The van der Waals surface area contributed by atoms with Crippen LogP contribution in [0, 0.1) is 16.7 Å². The fraction of sp³-hybridized carbons (Fsp3) is 0.579. The summed E-state index contributed by atoms with van der Waals surface area (Å²) in [5.74, 6) is 0.235. The van der Waals surface area contributed by atoms with Gasteiger partial charge in [-0.1, -0.05) is 45.4 Å². The zero-order valence-electron chi connectivity index (χ0n) is 14.2. The van der Waals surface area contributed by atoms with E-state index < -0.39 is 11.7 Å². The maximum atomic E-state index is 12.5. The number of rotatable bonds is 6. The van der Waals surface area contributed by atoms with Crippen LogP contribution < -0.4 is 0 Å². The standard InChI is InChI=1S/C19H25NO3/c1-4-5-10-16(21)19(2,3)17-11-12-22-18(23-17)15-9-7-6-8-14(15)13-20/h6-9,17-18H,4-5,10-12H2,1-3H3/t17-,18-/m0/s1. The Labute approximate surface area is 138 Å². The molecule has 124 valence electrons. The molecule has 0 spiro atoms. The summed E-state index contributed by atoms with van der Waals surface area (Å²) < 4.78 is 11.8. The van der Waals surface area contributed by atoms with Crippen molar-refractivity contribution in [2.45, 2.75) is 58.8 Å². The average molecular weight is 315 g/mol. The number of unbranched alkanes of at least 4 members (excludes halogenated alkanes) is 1. The predicted octanol–water partition coefficient (Wildman–Crippen LogP) is 4.15. The molecule has 0 N–H and O–H groups in total. The summed E-state index contributed by atoms with van der Waals surface area (Å²) in [7, 11) is 0. The van der Waals surface area contributed by atoms with E-state index in [-0.39, 0.29) is 11.9 Å². The number of Topliss-reactive ketones (excluding diaryl/α,β-unsaturated/α-hetero) is 1. The monoisotopic (exact) mass is 315 g/mol. The third-order valence-corrected chi connectivity index (χ3v) is 4.55. The molecule has 2 atom stereocenters. The Morgan fingerprint density at radius 3 is 2.83 bits per heavy atom. The zero-order chi connectivity index (χ0) is 16.9. The minimum Gasteiger partial charge on any atom is -0.348 e. The Balaban J connectivity index is 2.14. The van der Waals surface area contributed by atoms with Gasteiger partial charge in [0.2, 0.25) is 0 Å². The fourth-order valence-corrected chi connectivity index (χ4v) is 2.88. The number of nitriles is 1. The van der Waals surface area contributed by atoms with Gasteiger partial charge in [-0.15, -0.1) is 0 Å². The lowest BCUT2D eigenvalue weighted by Gasteiger charge is -2.39. The first-order valence-corrected chi connectivity index (χ1v) is 8.30. The Bertz CT molecular complexity index is 589. The summed E-state index contributed by atoms with van der Waals surface area (Å²) >= 11 is 0. The van der Waals surface area contributed by atoms with E-state index in [4.69, 9.17) is 9.47 Å². The van der Waals surface area contributed by atoms with E-state index in [2.05, 4.69) is 13.0 Å². The van der Waals surface area contributed by atoms with Crippen molar-refractivity contribution in [3.05, 3.63) is 35.4 Å². The topological polar surface area (TPSA) is 59.3 Å². The molecule has 0 unspecified atom stereocenters. The quantitative estimate of drug-likeness (QED) is 0.791. The van der Waals surface area contributed by atoms with Gasteiger partial charge in [0.15, 0.2) is 6.29 Å². The summed E-state index contributed by atoms with van der Waals surface area (Å²) in [6.45, 7) is 6.52. The van der Waals surface area contributed by atoms with Gasteiger partial charge in [0.05, 0.1) is 24.3 Å². The van der Waals surface area contributed by atoms with E-state index in [1.54, 1.807) is 6.07 Å². The van der Waals surface area contributed by atoms with Crippen LogP contribution in [0.2, 0.25) is 0 Å². The summed E-state index contributed by atoms with van der Waals surface area (Å²) in [6, 6.07) is 9.45. The van der Waals surface area contributed by atoms with Crippen LogP contribution in [0.15, 0.2) is 24.3 Å². The molecular weight excluding hydrogens is 290 g/mol. The van der Waals surface area contributed by atoms with Crippen LogP contribution in [0.4, 0.5) is 0 Å². The van der Waals surface area contributed by atoms with Crippen molar-refractivity contribution in [1.29, 1.82) is 5.26 Å². The Morgan fingerprint density at radius 2 is 2.13 bits per heavy atom. The number of hydrogen-bond acceptors (Lipinski definition) is 4. The minimum absolute atomic E-state index is 0.197. The zero-order valence-corrected chi connectivity index (χ0v) is 14.2. The van der Waals surface area contributed by atoms with Gasteiger partial charge in [0.1, 0.15) is 5.78 Å². The maximum absolute atomic E-state index is 12.5. The number of nitrogens with zero attached hydrogens (tertiary/aromatic N) is 1. The number of ketones is 1. The van der Waals surface area contributed by atoms with Crippen LogP contribution in [-0.4, -0.2) is 18.5 Å². The summed E-state index contributed by atoms with van der Waals surface area (Å²) in [6.07, 6.45) is 2.42. The molecule has 0 amide bonds. The molecule has 1 aromatic rings. The van der Waals surface area contributed by atoms with Crippen LogP contribution in [0.1, 0.15) is 63.9 Å². The molecule has 1 heterocycles. The normalized spacial score (nSPS) is 21.7. The van der Waals surface area contributed by atoms with Gasteiger partial charge in [0, 0.05) is 17.4 Å². The van der Waals surface area contributed by atoms with E-state index in [1.165, 1.54) is 0 Å². The number of carbonyl (C=O) groups excluding carboxylic acids is 1. The van der Waals surface area contributed by atoms with E-state index >= 15 is 0 Å². The smallest absolute Gasteiger partial charge is 0.185 e. The molecule has 1 aromatic carbocycles. The van der Waals surface area contributed by atoms with Crippen molar-refractivity contribution < 1.29 is 14.3 Å². The molecule has 1 fully saturated rings. The van der Waals surface area contributed by atoms with E-state index in [0.717, 1.165) is 18.4 Å². The van der Waals surface area contributed by atoms with Crippen LogP contribution in [0.3, 0.4) is 0 Å². The summed E-state index contributed by atoms with van der Waals surface area (Å²) in [5.41, 5.74) is 0.739. The van der Waals surface area contributed by atoms with Gasteiger partial charge < -0.3 is 9.47 Å². The molecule has 0 saturated carbocycles. The predicted molar refractivity (Wildman–Crippen MR) is 87.7 cm³/mol. The molecular formula is C19H25NO3. The van der Waals surface area contributed by atoms with Gasteiger partial charge in [-0.2, -0.15) is 5.26 Å². The van der Waals surface area contributed by atoms with E-state index in [0.29, 0.717) is 25.0 Å². The van der Waals surface area contributed by atoms with Crippen LogP contribution >= 0.6 is 0 Å². The number of benzene rings is 1. The Morgan fingerprint density at radius 1 is 1.39 bits per heavy atom. The highest BCUT2D eigenvalue weighted by atomic mass is 16.7.